The molecule has 3 atom stereocenters. The molecule has 0 radical (unpaired) electrons. The summed E-state index contributed by atoms with van der Waals surface area (Å²) in [7, 11) is 0. The van der Waals surface area contributed by atoms with E-state index < -0.39 is 5.92 Å². The number of carbonyl (C=O) groups is 1. The summed E-state index contributed by atoms with van der Waals surface area (Å²) in [6, 6.07) is 12.1. The lowest BCUT2D eigenvalue weighted by Crippen LogP contribution is -2.42. The quantitative estimate of drug-likeness (QED) is 0.861. The van der Waals surface area contributed by atoms with E-state index in [-0.39, 0.29) is 11.9 Å². The van der Waals surface area contributed by atoms with Crippen LogP contribution in [0.1, 0.15) is 44.6 Å². The Hall–Kier alpha value is -1.82. The minimum Gasteiger partial charge on any atom is -0.352 e. The Morgan fingerprint density at radius 2 is 2.00 bits per heavy atom. The van der Waals surface area contributed by atoms with Crippen molar-refractivity contribution in [3.05, 3.63) is 35.9 Å². The first-order valence-electron chi connectivity index (χ1n) is 7.94. The Kier molecular flexibility index (Phi) is 5.80. The summed E-state index contributed by atoms with van der Waals surface area (Å²) in [5.74, 6) is -0.199. The number of hydrogen-bond donors (Lipinski definition) is 1. The van der Waals surface area contributed by atoms with Crippen molar-refractivity contribution in [3.8, 4) is 6.07 Å². The van der Waals surface area contributed by atoms with Crippen molar-refractivity contribution >= 4 is 5.91 Å². The zero-order chi connectivity index (χ0) is 15.1. The second-order valence-electron chi connectivity index (χ2n) is 6.10. The van der Waals surface area contributed by atoms with E-state index in [0.717, 1.165) is 12.0 Å². The molecule has 0 heterocycles. The van der Waals surface area contributed by atoms with Gasteiger partial charge >= 0.3 is 0 Å². The van der Waals surface area contributed by atoms with Crippen LogP contribution in [0, 0.1) is 23.2 Å². The maximum Gasteiger partial charge on any atom is 0.237 e. The van der Waals surface area contributed by atoms with Gasteiger partial charge in [0.25, 0.3) is 0 Å². The summed E-state index contributed by atoms with van der Waals surface area (Å²) >= 11 is 0. The summed E-state index contributed by atoms with van der Waals surface area (Å²) in [4.78, 5) is 12.4. The number of amides is 1. The second kappa shape index (κ2) is 7.83. The molecule has 0 bridgehead atoms. The van der Waals surface area contributed by atoms with Gasteiger partial charge in [0, 0.05) is 6.04 Å². The van der Waals surface area contributed by atoms with Gasteiger partial charge in [-0.15, -0.1) is 0 Å². The third-order valence-electron chi connectivity index (χ3n) is 4.44. The van der Waals surface area contributed by atoms with Crippen LogP contribution in [-0.2, 0) is 11.2 Å². The standard InChI is InChI=1S/C18H24N2O/c1-14-8-4-2-7-11-17(14)20-18(21)16(13-19)12-15-9-5-3-6-10-15/h3,5-6,9-10,14,16-17H,2,4,7-8,11-12H2,1H3,(H,20,21). The highest BCUT2D eigenvalue weighted by Crippen LogP contribution is 2.23. The molecule has 1 fully saturated rings. The van der Waals surface area contributed by atoms with Gasteiger partial charge in [-0.3, -0.25) is 4.79 Å². The molecule has 1 saturated carbocycles. The monoisotopic (exact) mass is 284 g/mol. The highest BCUT2D eigenvalue weighted by Gasteiger charge is 2.25. The predicted octanol–water partition coefficient (Wildman–Crippen LogP) is 3.45. The van der Waals surface area contributed by atoms with Crippen molar-refractivity contribution in [2.75, 3.05) is 0 Å². The van der Waals surface area contributed by atoms with E-state index in [1.54, 1.807) is 0 Å². The lowest BCUT2D eigenvalue weighted by atomic mass is 9.94. The Balaban J connectivity index is 1.95. The molecule has 1 N–H and O–H groups in total. The van der Waals surface area contributed by atoms with E-state index in [4.69, 9.17) is 0 Å². The van der Waals surface area contributed by atoms with Crippen LogP contribution in [0.15, 0.2) is 30.3 Å². The van der Waals surface area contributed by atoms with Crippen LogP contribution in [0.4, 0.5) is 0 Å². The molecular weight excluding hydrogens is 260 g/mol. The topological polar surface area (TPSA) is 52.9 Å². The lowest BCUT2D eigenvalue weighted by Gasteiger charge is -2.24. The first-order chi connectivity index (χ1) is 10.2. The van der Waals surface area contributed by atoms with Gasteiger partial charge in [0.2, 0.25) is 5.91 Å². The fourth-order valence-electron chi connectivity index (χ4n) is 3.04. The average Bonchev–Trinajstić information content (AvgIpc) is 2.71. The average molecular weight is 284 g/mol. The predicted molar refractivity (Wildman–Crippen MR) is 83.4 cm³/mol. The van der Waals surface area contributed by atoms with Gasteiger partial charge in [0.1, 0.15) is 5.92 Å². The van der Waals surface area contributed by atoms with E-state index >= 15 is 0 Å². The van der Waals surface area contributed by atoms with E-state index in [1.165, 1.54) is 25.7 Å². The number of carbonyl (C=O) groups excluding carboxylic acids is 1. The van der Waals surface area contributed by atoms with E-state index in [2.05, 4.69) is 18.3 Å². The minimum absolute atomic E-state index is 0.111. The lowest BCUT2D eigenvalue weighted by molar-refractivity contribution is -0.124. The second-order valence-corrected chi connectivity index (χ2v) is 6.10. The summed E-state index contributed by atoms with van der Waals surface area (Å²) in [6.07, 6.45) is 6.37. The van der Waals surface area contributed by atoms with Crippen LogP contribution in [0.3, 0.4) is 0 Å². The number of hydrogen-bond acceptors (Lipinski definition) is 2. The molecule has 0 spiro atoms. The molecule has 0 aliphatic heterocycles. The van der Waals surface area contributed by atoms with Gasteiger partial charge in [-0.25, -0.2) is 0 Å². The molecule has 21 heavy (non-hydrogen) atoms. The number of benzene rings is 1. The molecular formula is C18H24N2O. The molecule has 1 amide bonds. The molecule has 1 aromatic rings. The molecule has 3 nitrogen and oxygen atoms in total. The van der Waals surface area contributed by atoms with Crippen LogP contribution in [0.2, 0.25) is 0 Å². The van der Waals surface area contributed by atoms with E-state index in [0.29, 0.717) is 12.3 Å². The molecule has 3 heteroatoms. The van der Waals surface area contributed by atoms with Crippen molar-refractivity contribution in [2.24, 2.45) is 11.8 Å². The Morgan fingerprint density at radius 1 is 1.29 bits per heavy atom. The van der Waals surface area contributed by atoms with Gasteiger partial charge in [0.05, 0.1) is 6.07 Å². The fraction of sp³-hybridized carbons (Fsp3) is 0.556. The van der Waals surface area contributed by atoms with Gasteiger partial charge in [0.15, 0.2) is 0 Å². The van der Waals surface area contributed by atoms with Gasteiger partial charge in [-0.2, -0.15) is 5.26 Å². The summed E-state index contributed by atoms with van der Waals surface area (Å²) in [6.45, 7) is 2.20. The van der Waals surface area contributed by atoms with Gasteiger partial charge in [-0.05, 0) is 30.7 Å². The molecule has 0 aromatic heterocycles. The van der Waals surface area contributed by atoms with Crippen LogP contribution in [-0.4, -0.2) is 11.9 Å². The first kappa shape index (κ1) is 15.6. The smallest absolute Gasteiger partial charge is 0.237 e. The third-order valence-corrected chi connectivity index (χ3v) is 4.44. The van der Waals surface area contributed by atoms with Gasteiger partial charge in [-0.1, -0.05) is 56.5 Å². The molecule has 2 rings (SSSR count). The van der Waals surface area contributed by atoms with Gasteiger partial charge < -0.3 is 5.32 Å². The van der Waals surface area contributed by atoms with Crippen LogP contribution >= 0.6 is 0 Å². The van der Waals surface area contributed by atoms with Crippen molar-refractivity contribution in [2.45, 2.75) is 51.5 Å². The maximum absolute atomic E-state index is 12.4. The Labute approximate surface area is 127 Å². The van der Waals surface area contributed by atoms with Crippen molar-refractivity contribution < 1.29 is 4.79 Å². The fourth-order valence-corrected chi connectivity index (χ4v) is 3.04. The highest BCUT2D eigenvalue weighted by atomic mass is 16.1. The summed E-state index contributed by atoms with van der Waals surface area (Å²) in [5, 5.41) is 12.4. The number of nitriles is 1. The molecule has 1 aliphatic carbocycles. The van der Waals surface area contributed by atoms with Crippen LogP contribution < -0.4 is 5.32 Å². The molecule has 112 valence electrons. The van der Waals surface area contributed by atoms with Crippen LogP contribution in [0.25, 0.3) is 0 Å². The van der Waals surface area contributed by atoms with E-state index in [9.17, 15) is 10.1 Å². The molecule has 0 saturated heterocycles. The first-order valence-corrected chi connectivity index (χ1v) is 7.94. The van der Waals surface area contributed by atoms with Crippen molar-refractivity contribution in [1.82, 2.24) is 5.32 Å². The Morgan fingerprint density at radius 3 is 2.71 bits per heavy atom. The maximum atomic E-state index is 12.4. The summed E-state index contributed by atoms with van der Waals surface area (Å²) < 4.78 is 0. The number of nitrogens with one attached hydrogen (secondary N) is 1. The van der Waals surface area contributed by atoms with Crippen LogP contribution in [0.5, 0.6) is 0 Å². The van der Waals surface area contributed by atoms with Crippen molar-refractivity contribution in [3.63, 3.8) is 0 Å². The highest BCUT2D eigenvalue weighted by molar-refractivity contribution is 5.81. The number of nitrogens with zero attached hydrogens (tertiary/aromatic N) is 1. The normalized spacial score (nSPS) is 23.6. The summed E-state index contributed by atoms with van der Waals surface area (Å²) in [5.41, 5.74) is 1.04. The van der Waals surface area contributed by atoms with E-state index in [1.807, 2.05) is 30.3 Å². The minimum atomic E-state index is -0.595. The van der Waals surface area contributed by atoms with Crippen molar-refractivity contribution in [1.29, 1.82) is 5.26 Å². The number of rotatable bonds is 4. The largest absolute Gasteiger partial charge is 0.352 e. The molecule has 3 unspecified atom stereocenters. The third kappa shape index (κ3) is 4.60. The Bertz CT molecular complexity index is 492. The molecule has 1 aromatic carbocycles. The zero-order valence-corrected chi connectivity index (χ0v) is 12.7. The molecule has 1 aliphatic rings. The zero-order valence-electron chi connectivity index (χ0n) is 12.7. The SMILES string of the molecule is CC1CCCCCC1NC(=O)C(C#N)Cc1ccccc1.